The van der Waals surface area contributed by atoms with Gasteiger partial charge in [-0.15, -0.1) is 0 Å². The van der Waals surface area contributed by atoms with Crippen molar-refractivity contribution in [1.29, 1.82) is 0 Å². The number of nitrogens with one attached hydrogen (secondary N) is 1. The summed E-state index contributed by atoms with van der Waals surface area (Å²) >= 11 is 0. The maximum absolute atomic E-state index is 12.1. The fourth-order valence-electron chi connectivity index (χ4n) is 2.56. The maximum Gasteiger partial charge on any atom is 0.240 e. The molecule has 0 unspecified atom stereocenters. The molecule has 116 valence electrons. The van der Waals surface area contributed by atoms with E-state index in [4.69, 9.17) is 0 Å². The van der Waals surface area contributed by atoms with Crippen LogP contribution < -0.4 is 5.32 Å². The average molecular weight is 284 g/mol. The molecule has 0 bridgehead atoms. The molecule has 0 aromatic heterocycles. The van der Waals surface area contributed by atoms with E-state index in [-0.39, 0.29) is 30.3 Å². The van der Waals surface area contributed by atoms with E-state index in [0.29, 0.717) is 12.8 Å². The molecule has 0 spiro atoms. The third-order valence-corrected chi connectivity index (χ3v) is 3.59. The van der Waals surface area contributed by atoms with Gasteiger partial charge in [0.2, 0.25) is 11.8 Å². The van der Waals surface area contributed by atoms with Crippen molar-refractivity contribution in [2.45, 2.75) is 70.4 Å². The van der Waals surface area contributed by atoms with Crippen LogP contribution in [0.2, 0.25) is 0 Å². The van der Waals surface area contributed by atoms with E-state index in [9.17, 15) is 14.7 Å². The van der Waals surface area contributed by atoms with Gasteiger partial charge in [0.15, 0.2) is 0 Å². The number of likely N-dealkylation sites (N-methyl/N-ethyl adjacent to an activating group) is 1. The van der Waals surface area contributed by atoms with Gasteiger partial charge in [0.1, 0.15) is 0 Å². The molecule has 0 atom stereocenters. The molecule has 0 saturated heterocycles. The minimum absolute atomic E-state index is 0.0339. The minimum Gasteiger partial charge on any atom is -0.389 e. The van der Waals surface area contributed by atoms with E-state index in [1.54, 1.807) is 7.05 Å². The Morgan fingerprint density at radius 3 is 2.25 bits per heavy atom. The van der Waals surface area contributed by atoms with Crippen LogP contribution in [0, 0.1) is 0 Å². The topological polar surface area (TPSA) is 69.6 Å². The van der Waals surface area contributed by atoms with E-state index >= 15 is 0 Å². The largest absolute Gasteiger partial charge is 0.389 e. The highest BCUT2D eigenvalue weighted by Gasteiger charge is 2.33. The second-order valence-electron chi connectivity index (χ2n) is 7.01. The Balaban J connectivity index is 2.44. The number of hydrogen-bond acceptors (Lipinski definition) is 3. The molecule has 1 saturated carbocycles. The molecule has 5 heteroatoms. The normalized spacial score (nSPS) is 18.4. The standard InChI is InChI=1S/C15H28N2O3/c1-14(2,3)16-12(18)11-17(4)13(19)10-15(20)8-6-5-7-9-15/h20H,5-11H2,1-4H3,(H,16,18). The van der Waals surface area contributed by atoms with Gasteiger partial charge in [0.05, 0.1) is 18.6 Å². The van der Waals surface area contributed by atoms with E-state index in [0.717, 1.165) is 19.3 Å². The third kappa shape index (κ3) is 5.90. The van der Waals surface area contributed by atoms with Crippen LogP contribution >= 0.6 is 0 Å². The molecule has 0 aliphatic heterocycles. The SMILES string of the molecule is CN(CC(=O)NC(C)(C)C)C(=O)CC1(O)CCCCC1. The average Bonchev–Trinajstić information content (AvgIpc) is 2.26. The minimum atomic E-state index is -0.871. The molecule has 1 aliphatic rings. The van der Waals surface area contributed by atoms with Crippen molar-refractivity contribution in [1.82, 2.24) is 10.2 Å². The summed E-state index contributed by atoms with van der Waals surface area (Å²) in [5.41, 5.74) is -1.17. The zero-order chi connectivity index (χ0) is 15.4. The van der Waals surface area contributed by atoms with E-state index < -0.39 is 5.60 Å². The van der Waals surface area contributed by atoms with Gasteiger partial charge < -0.3 is 15.3 Å². The summed E-state index contributed by atoms with van der Waals surface area (Å²) in [6, 6.07) is 0. The van der Waals surface area contributed by atoms with Crippen LogP contribution in [0.15, 0.2) is 0 Å². The highest BCUT2D eigenvalue weighted by molar-refractivity contribution is 5.85. The molecular formula is C15H28N2O3. The molecule has 2 N–H and O–H groups in total. The van der Waals surface area contributed by atoms with Gasteiger partial charge in [-0.1, -0.05) is 19.3 Å². The molecule has 1 aliphatic carbocycles. The molecule has 20 heavy (non-hydrogen) atoms. The number of rotatable bonds is 4. The number of carbonyl (C=O) groups excluding carboxylic acids is 2. The van der Waals surface area contributed by atoms with E-state index in [2.05, 4.69) is 5.32 Å². The van der Waals surface area contributed by atoms with Gasteiger partial charge in [-0.25, -0.2) is 0 Å². The van der Waals surface area contributed by atoms with Crippen LogP contribution in [-0.2, 0) is 9.59 Å². The summed E-state index contributed by atoms with van der Waals surface area (Å²) in [6.07, 6.45) is 4.55. The molecule has 1 rings (SSSR count). The van der Waals surface area contributed by atoms with Crippen LogP contribution in [0.5, 0.6) is 0 Å². The van der Waals surface area contributed by atoms with Crippen molar-refractivity contribution >= 4 is 11.8 Å². The number of hydrogen-bond donors (Lipinski definition) is 2. The monoisotopic (exact) mass is 284 g/mol. The summed E-state index contributed by atoms with van der Waals surface area (Å²) in [4.78, 5) is 25.3. The molecule has 0 radical (unpaired) electrons. The fraction of sp³-hybridized carbons (Fsp3) is 0.867. The van der Waals surface area contributed by atoms with Gasteiger partial charge in [-0.2, -0.15) is 0 Å². The van der Waals surface area contributed by atoms with Gasteiger partial charge in [-0.3, -0.25) is 9.59 Å². The van der Waals surface area contributed by atoms with Gasteiger partial charge in [0, 0.05) is 12.6 Å². The number of nitrogens with zero attached hydrogens (tertiary/aromatic N) is 1. The zero-order valence-electron chi connectivity index (χ0n) is 13.2. The molecule has 5 nitrogen and oxygen atoms in total. The predicted octanol–water partition coefficient (Wildman–Crippen LogP) is 1.44. The molecule has 0 aromatic carbocycles. The molecule has 1 fully saturated rings. The number of aliphatic hydroxyl groups is 1. The lowest BCUT2D eigenvalue weighted by atomic mass is 9.82. The highest BCUT2D eigenvalue weighted by atomic mass is 16.3. The summed E-state index contributed by atoms with van der Waals surface area (Å²) in [7, 11) is 1.61. The lowest BCUT2D eigenvalue weighted by Gasteiger charge is -2.33. The Hall–Kier alpha value is -1.10. The molecular weight excluding hydrogens is 256 g/mol. The van der Waals surface area contributed by atoms with Crippen molar-refractivity contribution in [3.05, 3.63) is 0 Å². The number of carbonyl (C=O) groups is 2. The van der Waals surface area contributed by atoms with Crippen LogP contribution in [0.25, 0.3) is 0 Å². The second kappa shape index (κ2) is 6.57. The van der Waals surface area contributed by atoms with Gasteiger partial charge in [-0.05, 0) is 33.6 Å². The lowest BCUT2D eigenvalue weighted by molar-refractivity contribution is -0.140. The summed E-state index contributed by atoms with van der Waals surface area (Å²) < 4.78 is 0. The van der Waals surface area contributed by atoms with Crippen molar-refractivity contribution in [2.75, 3.05) is 13.6 Å². The van der Waals surface area contributed by atoms with E-state index in [1.807, 2.05) is 20.8 Å². The zero-order valence-corrected chi connectivity index (χ0v) is 13.2. The molecule has 0 heterocycles. The van der Waals surface area contributed by atoms with Crippen LogP contribution in [0.4, 0.5) is 0 Å². The number of amides is 2. The Morgan fingerprint density at radius 2 is 1.75 bits per heavy atom. The van der Waals surface area contributed by atoms with Crippen LogP contribution in [0.1, 0.15) is 59.3 Å². The van der Waals surface area contributed by atoms with Gasteiger partial charge in [0.25, 0.3) is 0 Å². The van der Waals surface area contributed by atoms with Crippen molar-refractivity contribution in [3.8, 4) is 0 Å². The first kappa shape index (κ1) is 17.0. The Bertz CT molecular complexity index is 355. The first-order chi connectivity index (χ1) is 9.11. The Labute approximate surface area is 121 Å². The molecule has 0 aromatic rings. The van der Waals surface area contributed by atoms with Crippen LogP contribution in [-0.4, -0.2) is 46.6 Å². The first-order valence-corrected chi connectivity index (χ1v) is 7.39. The maximum atomic E-state index is 12.1. The molecule has 2 amide bonds. The summed E-state index contributed by atoms with van der Waals surface area (Å²) in [6.45, 7) is 5.73. The van der Waals surface area contributed by atoms with Crippen LogP contribution in [0.3, 0.4) is 0 Å². The smallest absolute Gasteiger partial charge is 0.240 e. The summed E-state index contributed by atoms with van der Waals surface area (Å²) in [5, 5.41) is 13.2. The van der Waals surface area contributed by atoms with Gasteiger partial charge >= 0.3 is 0 Å². The second-order valence-corrected chi connectivity index (χ2v) is 7.01. The predicted molar refractivity (Wildman–Crippen MR) is 78.2 cm³/mol. The summed E-state index contributed by atoms with van der Waals surface area (Å²) in [5.74, 6) is -0.345. The third-order valence-electron chi connectivity index (χ3n) is 3.59. The first-order valence-electron chi connectivity index (χ1n) is 7.39. The highest BCUT2D eigenvalue weighted by Crippen LogP contribution is 2.31. The van der Waals surface area contributed by atoms with Crippen molar-refractivity contribution in [3.63, 3.8) is 0 Å². The van der Waals surface area contributed by atoms with Crippen molar-refractivity contribution in [2.24, 2.45) is 0 Å². The fourth-order valence-corrected chi connectivity index (χ4v) is 2.56. The quantitative estimate of drug-likeness (QED) is 0.821. The van der Waals surface area contributed by atoms with E-state index in [1.165, 1.54) is 4.90 Å². The lowest BCUT2D eigenvalue weighted by Crippen LogP contribution is -2.47. The van der Waals surface area contributed by atoms with Crippen molar-refractivity contribution < 1.29 is 14.7 Å². The Morgan fingerprint density at radius 1 is 1.20 bits per heavy atom. The Kier molecular flexibility index (Phi) is 5.57.